The van der Waals surface area contributed by atoms with E-state index in [2.05, 4.69) is 0 Å². The third-order valence-corrected chi connectivity index (χ3v) is 3.91. The summed E-state index contributed by atoms with van der Waals surface area (Å²) in [6.07, 6.45) is 3.25. The zero-order chi connectivity index (χ0) is 22.3. The Morgan fingerprint density at radius 2 is 1.47 bits per heavy atom. The number of rotatable bonds is 10. The van der Waals surface area contributed by atoms with E-state index >= 15 is 0 Å². The fourth-order valence-corrected chi connectivity index (χ4v) is 2.83. The van der Waals surface area contributed by atoms with Gasteiger partial charge in [0.25, 0.3) is 0 Å². The molecule has 0 atom stereocenters. The average Bonchev–Trinajstić information content (AvgIpc) is 2.66. The monoisotopic (exact) mass is 412 g/mol. The van der Waals surface area contributed by atoms with Gasteiger partial charge >= 0.3 is 0 Å². The summed E-state index contributed by atoms with van der Waals surface area (Å²) in [5.41, 5.74) is 1.26. The highest BCUT2D eigenvalue weighted by atomic mass is 16.5. The van der Waals surface area contributed by atoms with Crippen LogP contribution in [0.25, 0.3) is 6.08 Å². The standard InChI is InChI=1S/C25H32O5/c1-16(2)28-21-10-8-9-19(13-21)23(26)12-11-20-14-22(29-17(3)4)15-24(27-7)25(20)30-18(5)6/h8-18H,1-7H3/b12-11+. The lowest BCUT2D eigenvalue weighted by atomic mass is 10.1. The smallest absolute Gasteiger partial charge is 0.185 e. The van der Waals surface area contributed by atoms with Gasteiger partial charge in [-0.2, -0.15) is 0 Å². The highest BCUT2D eigenvalue weighted by molar-refractivity contribution is 6.07. The average molecular weight is 413 g/mol. The van der Waals surface area contributed by atoms with E-state index in [1.165, 1.54) is 6.08 Å². The number of hydrogen-bond acceptors (Lipinski definition) is 5. The van der Waals surface area contributed by atoms with Crippen LogP contribution in [-0.2, 0) is 0 Å². The van der Waals surface area contributed by atoms with Crippen molar-refractivity contribution < 1.29 is 23.7 Å². The van der Waals surface area contributed by atoms with Crippen molar-refractivity contribution in [2.45, 2.75) is 59.9 Å². The zero-order valence-electron chi connectivity index (χ0n) is 18.9. The van der Waals surface area contributed by atoms with Crippen LogP contribution in [0.3, 0.4) is 0 Å². The first kappa shape index (κ1) is 23.3. The first-order chi connectivity index (χ1) is 14.2. The molecule has 0 spiro atoms. The number of carbonyl (C=O) groups excluding carboxylic acids is 1. The molecular formula is C25H32O5. The summed E-state index contributed by atoms with van der Waals surface area (Å²) in [5.74, 6) is 2.32. The molecule has 0 unspecified atom stereocenters. The highest BCUT2D eigenvalue weighted by Gasteiger charge is 2.15. The molecule has 0 saturated heterocycles. The topological polar surface area (TPSA) is 54.0 Å². The van der Waals surface area contributed by atoms with Crippen molar-refractivity contribution in [3.8, 4) is 23.0 Å². The van der Waals surface area contributed by atoms with E-state index in [0.29, 0.717) is 34.1 Å². The van der Waals surface area contributed by atoms with Gasteiger partial charge in [-0.3, -0.25) is 4.79 Å². The number of benzene rings is 2. The summed E-state index contributed by atoms with van der Waals surface area (Å²) in [6.45, 7) is 11.7. The maximum absolute atomic E-state index is 12.8. The predicted octanol–water partition coefficient (Wildman–Crippen LogP) is 5.95. The van der Waals surface area contributed by atoms with E-state index < -0.39 is 0 Å². The first-order valence-corrected chi connectivity index (χ1v) is 10.2. The lowest BCUT2D eigenvalue weighted by molar-refractivity contribution is 0.104. The minimum Gasteiger partial charge on any atom is -0.493 e. The number of carbonyl (C=O) groups is 1. The van der Waals surface area contributed by atoms with Crippen LogP contribution in [0, 0.1) is 0 Å². The van der Waals surface area contributed by atoms with Crippen LogP contribution in [0.15, 0.2) is 42.5 Å². The Bertz CT molecular complexity index is 881. The molecule has 2 aromatic rings. The molecule has 0 aliphatic heterocycles. The van der Waals surface area contributed by atoms with Gasteiger partial charge in [0.1, 0.15) is 11.5 Å². The van der Waals surface area contributed by atoms with Crippen LogP contribution in [-0.4, -0.2) is 31.2 Å². The van der Waals surface area contributed by atoms with Crippen LogP contribution < -0.4 is 18.9 Å². The maximum atomic E-state index is 12.8. The largest absolute Gasteiger partial charge is 0.493 e. The van der Waals surface area contributed by atoms with Crippen LogP contribution >= 0.6 is 0 Å². The minimum atomic E-state index is -0.131. The van der Waals surface area contributed by atoms with Gasteiger partial charge in [-0.15, -0.1) is 0 Å². The van der Waals surface area contributed by atoms with Gasteiger partial charge in [0.15, 0.2) is 17.3 Å². The Labute approximate surface area is 179 Å². The Hall–Kier alpha value is -2.95. The maximum Gasteiger partial charge on any atom is 0.185 e. The molecule has 0 fully saturated rings. The van der Waals surface area contributed by atoms with E-state index in [1.807, 2.05) is 59.7 Å². The quantitative estimate of drug-likeness (QED) is 0.356. The second-order valence-corrected chi connectivity index (χ2v) is 7.77. The van der Waals surface area contributed by atoms with E-state index in [-0.39, 0.29) is 24.1 Å². The molecule has 0 N–H and O–H groups in total. The Morgan fingerprint density at radius 1 is 0.833 bits per heavy atom. The molecular weight excluding hydrogens is 380 g/mol. The molecule has 0 radical (unpaired) electrons. The normalized spacial score (nSPS) is 11.4. The van der Waals surface area contributed by atoms with Crippen LogP contribution in [0.2, 0.25) is 0 Å². The molecule has 0 saturated carbocycles. The van der Waals surface area contributed by atoms with Gasteiger partial charge in [0, 0.05) is 17.2 Å². The first-order valence-electron chi connectivity index (χ1n) is 10.2. The SMILES string of the molecule is COc1cc(OC(C)C)cc(/C=C/C(=O)c2cccc(OC(C)C)c2)c1OC(C)C. The fraction of sp³-hybridized carbons (Fsp3) is 0.400. The van der Waals surface area contributed by atoms with Crippen molar-refractivity contribution in [1.82, 2.24) is 0 Å². The van der Waals surface area contributed by atoms with Crippen molar-refractivity contribution in [2.24, 2.45) is 0 Å². The Balaban J connectivity index is 2.38. The summed E-state index contributed by atoms with van der Waals surface area (Å²) in [7, 11) is 1.58. The zero-order valence-corrected chi connectivity index (χ0v) is 18.9. The van der Waals surface area contributed by atoms with Crippen molar-refractivity contribution in [2.75, 3.05) is 7.11 Å². The molecule has 5 nitrogen and oxygen atoms in total. The lowest BCUT2D eigenvalue weighted by Gasteiger charge is -2.18. The van der Waals surface area contributed by atoms with E-state index in [4.69, 9.17) is 18.9 Å². The summed E-state index contributed by atoms with van der Waals surface area (Å²) in [4.78, 5) is 12.8. The predicted molar refractivity (Wildman–Crippen MR) is 120 cm³/mol. The van der Waals surface area contributed by atoms with E-state index in [0.717, 1.165) is 0 Å². The summed E-state index contributed by atoms with van der Waals surface area (Å²) in [5, 5.41) is 0. The molecule has 0 amide bonds. The molecule has 0 bridgehead atoms. The molecule has 2 aromatic carbocycles. The number of methoxy groups -OCH3 is 1. The molecule has 5 heteroatoms. The van der Waals surface area contributed by atoms with Crippen LogP contribution in [0.1, 0.15) is 57.5 Å². The van der Waals surface area contributed by atoms with Gasteiger partial charge in [-0.1, -0.05) is 12.1 Å². The molecule has 0 heterocycles. The highest BCUT2D eigenvalue weighted by Crippen LogP contribution is 2.37. The number of allylic oxidation sites excluding steroid dienone is 1. The lowest BCUT2D eigenvalue weighted by Crippen LogP contribution is -2.10. The van der Waals surface area contributed by atoms with E-state index in [1.54, 1.807) is 31.4 Å². The Kier molecular flexibility index (Phi) is 8.34. The van der Waals surface area contributed by atoms with Gasteiger partial charge in [0.2, 0.25) is 0 Å². The number of ketones is 1. The van der Waals surface area contributed by atoms with Crippen molar-refractivity contribution >= 4 is 11.9 Å². The second-order valence-electron chi connectivity index (χ2n) is 7.77. The van der Waals surface area contributed by atoms with Crippen LogP contribution in [0.5, 0.6) is 23.0 Å². The second kappa shape index (κ2) is 10.7. The van der Waals surface area contributed by atoms with Crippen LogP contribution in [0.4, 0.5) is 0 Å². The van der Waals surface area contributed by atoms with Crippen molar-refractivity contribution in [3.05, 3.63) is 53.6 Å². The molecule has 0 aliphatic carbocycles. The third-order valence-electron chi connectivity index (χ3n) is 3.91. The third kappa shape index (κ3) is 6.83. The fourth-order valence-electron chi connectivity index (χ4n) is 2.83. The molecule has 0 aliphatic rings. The van der Waals surface area contributed by atoms with E-state index in [9.17, 15) is 4.79 Å². The molecule has 30 heavy (non-hydrogen) atoms. The summed E-state index contributed by atoms with van der Waals surface area (Å²) >= 11 is 0. The molecule has 2 rings (SSSR count). The van der Waals surface area contributed by atoms with Gasteiger partial charge < -0.3 is 18.9 Å². The summed E-state index contributed by atoms with van der Waals surface area (Å²) < 4.78 is 23.0. The van der Waals surface area contributed by atoms with Crippen molar-refractivity contribution in [3.63, 3.8) is 0 Å². The van der Waals surface area contributed by atoms with Gasteiger partial charge in [-0.25, -0.2) is 0 Å². The number of hydrogen-bond donors (Lipinski definition) is 0. The van der Waals surface area contributed by atoms with Gasteiger partial charge in [0.05, 0.1) is 25.4 Å². The van der Waals surface area contributed by atoms with Crippen molar-refractivity contribution in [1.29, 1.82) is 0 Å². The Morgan fingerprint density at radius 3 is 2.07 bits per heavy atom. The molecule has 0 aromatic heterocycles. The minimum absolute atomic E-state index is 0.00809. The summed E-state index contributed by atoms with van der Waals surface area (Å²) in [6, 6.07) is 10.8. The number of ether oxygens (including phenoxy) is 4. The molecule has 162 valence electrons. The van der Waals surface area contributed by atoms with Gasteiger partial charge in [-0.05, 0) is 71.9 Å².